The molecule has 2 aliphatic heterocycles. The van der Waals surface area contributed by atoms with Crippen LogP contribution in [0.1, 0.15) is 17.8 Å². The van der Waals surface area contributed by atoms with E-state index in [2.05, 4.69) is 15.3 Å². The zero-order valence-electron chi connectivity index (χ0n) is 14.7. The molecule has 1 aromatic rings. The topological polar surface area (TPSA) is 68.6 Å². The Morgan fingerprint density at radius 1 is 1.33 bits per heavy atom. The lowest BCUT2D eigenvalue weighted by Crippen LogP contribution is -2.52. The van der Waals surface area contributed by atoms with Crippen molar-refractivity contribution in [3.05, 3.63) is 17.5 Å². The molecule has 0 spiro atoms. The second-order valence-electron chi connectivity index (χ2n) is 6.73. The summed E-state index contributed by atoms with van der Waals surface area (Å²) < 4.78 is 12.8. The van der Waals surface area contributed by atoms with E-state index < -0.39 is 0 Å². The molecule has 2 fully saturated rings. The van der Waals surface area contributed by atoms with Crippen LogP contribution in [0.4, 0.5) is 0 Å². The number of carbonyl (C=O) groups excluding carboxylic acids is 1. The van der Waals surface area contributed by atoms with Crippen molar-refractivity contribution in [3.8, 4) is 0 Å². The van der Waals surface area contributed by atoms with Gasteiger partial charge in [-0.05, 0) is 26.3 Å². The van der Waals surface area contributed by atoms with Gasteiger partial charge in [-0.1, -0.05) is 0 Å². The summed E-state index contributed by atoms with van der Waals surface area (Å²) in [5, 5.41) is 7.46. The number of aromatic nitrogens is 2. The molecule has 0 aromatic carbocycles. The SMILES string of the molecule is Cc1cc(C)n(CC(=O)NC[C@H]([C@H]2CCOC2)N2CCOCC2)n1. The Morgan fingerprint density at radius 3 is 2.75 bits per heavy atom. The molecule has 24 heavy (non-hydrogen) atoms. The molecule has 1 aromatic heterocycles. The zero-order valence-corrected chi connectivity index (χ0v) is 14.7. The second-order valence-corrected chi connectivity index (χ2v) is 6.73. The van der Waals surface area contributed by atoms with Gasteiger partial charge in [0.2, 0.25) is 5.91 Å². The van der Waals surface area contributed by atoms with E-state index in [1.807, 2.05) is 19.9 Å². The Labute approximate surface area is 143 Å². The van der Waals surface area contributed by atoms with Crippen molar-refractivity contribution >= 4 is 5.91 Å². The molecule has 0 radical (unpaired) electrons. The number of amides is 1. The predicted molar refractivity (Wildman–Crippen MR) is 89.8 cm³/mol. The van der Waals surface area contributed by atoms with Crippen LogP contribution in [0, 0.1) is 19.8 Å². The van der Waals surface area contributed by atoms with Gasteiger partial charge in [0.1, 0.15) is 6.54 Å². The van der Waals surface area contributed by atoms with Crippen LogP contribution in [0.5, 0.6) is 0 Å². The highest BCUT2D eigenvalue weighted by atomic mass is 16.5. The maximum absolute atomic E-state index is 12.3. The number of hydrogen-bond acceptors (Lipinski definition) is 5. The van der Waals surface area contributed by atoms with Crippen LogP contribution in [0.25, 0.3) is 0 Å². The van der Waals surface area contributed by atoms with E-state index in [-0.39, 0.29) is 12.5 Å². The molecular formula is C17H28N4O3. The Hall–Kier alpha value is -1.44. The van der Waals surface area contributed by atoms with Gasteiger partial charge in [-0.25, -0.2) is 0 Å². The van der Waals surface area contributed by atoms with Crippen molar-refractivity contribution in [2.24, 2.45) is 5.92 Å². The quantitative estimate of drug-likeness (QED) is 0.812. The van der Waals surface area contributed by atoms with Gasteiger partial charge < -0.3 is 14.8 Å². The number of carbonyl (C=O) groups is 1. The van der Waals surface area contributed by atoms with E-state index in [0.29, 0.717) is 18.5 Å². The Morgan fingerprint density at radius 2 is 2.12 bits per heavy atom. The van der Waals surface area contributed by atoms with Gasteiger partial charge in [-0.3, -0.25) is 14.4 Å². The van der Waals surface area contributed by atoms with E-state index in [1.54, 1.807) is 4.68 Å². The molecule has 7 nitrogen and oxygen atoms in total. The van der Waals surface area contributed by atoms with Crippen LogP contribution < -0.4 is 5.32 Å². The third-order valence-electron chi connectivity index (χ3n) is 4.93. The first-order chi connectivity index (χ1) is 11.6. The minimum atomic E-state index is 0.0124. The molecule has 0 unspecified atom stereocenters. The van der Waals surface area contributed by atoms with E-state index in [1.165, 1.54) is 0 Å². The molecule has 134 valence electrons. The Balaban J connectivity index is 1.55. The van der Waals surface area contributed by atoms with Crippen LogP contribution in [0.3, 0.4) is 0 Å². The van der Waals surface area contributed by atoms with Gasteiger partial charge in [0.05, 0.1) is 25.5 Å². The fourth-order valence-electron chi connectivity index (χ4n) is 3.60. The van der Waals surface area contributed by atoms with Crippen molar-refractivity contribution in [2.75, 3.05) is 46.1 Å². The predicted octanol–water partition coefficient (Wildman–Crippen LogP) is 0.353. The highest BCUT2D eigenvalue weighted by Gasteiger charge is 2.31. The number of morpholine rings is 1. The number of ether oxygens (including phenoxy) is 2. The molecule has 3 rings (SSSR count). The molecule has 1 amide bonds. The maximum atomic E-state index is 12.3. The van der Waals surface area contributed by atoms with Crippen LogP contribution in [-0.4, -0.2) is 72.7 Å². The number of nitrogens with zero attached hydrogens (tertiary/aromatic N) is 3. The molecule has 1 N–H and O–H groups in total. The fraction of sp³-hybridized carbons (Fsp3) is 0.765. The molecule has 0 saturated carbocycles. The average Bonchev–Trinajstić information content (AvgIpc) is 3.19. The summed E-state index contributed by atoms with van der Waals surface area (Å²) in [6.45, 7) is 9.84. The minimum Gasteiger partial charge on any atom is -0.381 e. The van der Waals surface area contributed by atoms with Crippen molar-refractivity contribution in [2.45, 2.75) is 32.9 Å². The summed E-state index contributed by atoms with van der Waals surface area (Å²) in [4.78, 5) is 14.8. The van der Waals surface area contributed by atoms with Crippen LogP contribution in [-0.2, 0) is 20.8 Å². The van der Waals surface area contributed by atoms with Gasteiger partial charge in [-0.15, -0.1) is 0 Å². The monoisotopic (exact) mass is 336 g/mol. The lowest BCUT2D eigenvalue weighted by molar-refractivity contribution is -0.122. The van der Waals surface area contributed by atoms with Gasteiger partial charge in [-0.2, -0.15) is 5.10 Å². The zero-order chi connectivity index (χ0) is 16.9. The number of aryl methyl sites for hydroxylation is 2. The molecule has 2 atom stereocenters. The summed E-state index contributed by atoms with van der Waals surface area (Å²) in [6.07, 6.45) is 1.06. The van der Waals surface area contributed by atoms with Gasteiger partial charge in [0, 0.05) is 43.9 Å². The summed E-state index contributed by atoms with van der Waals surface area (Å²) in [5.41, 5.74) is 1.95. The smallest absolute Gasteiger partial charge is 0.241 e. The highest BCUT2D eigenvalue weighted by molar-refractivity contribution is 5.75. The maximum Gasteiger partial charge on any atom is 0.241 e. The van der Waals surface area contributed by atoms with Crippen LogP contribution in [0.2, 0.25) is 0 Å². The number of nitrogens with one attached hydrogen (secondary N) is 1. The Kier molecular flexibility index (Phi) is 5.86. The third kappa shape index (κ3) is 4.34. The molecule has 0 bridgehead atoms. The highest BCUT2D eigenvalue weighted by Crippen LogP contribution is 2.21. The van der Waals surface area contributed by atoms with Gasteiger partial charge in [0.25, 0.3) is 0 Å². The summed E-state index contributed by atoms with van der Waals surface area (Å²) >= 11 is 0. The largest absolute Gasteiger partial charge is 0.381 e. The van der Waals surface area contributed by atoms with Crippen LogP contribution >= 0.6 is 0 Å². The molecular weight excluding hydrogens is 308 g/mol. The third-order valence-corrected chi connectivity index (χ3v) is 4.93. The minimum absolute atomic E-state index is 0.0124. The van der Waals surface area contributed by atoms with E-state index in [0.717, 1.165) is 57.3 Å². The van der Waals surface area contributed by atoms with Gasteiger partial charge in [0.15, 0.2) is 0 Å². The first-order valence-electron chi connectivity index (χ1n) is 8.81. The van der Waals surface area contributed by atoms with Crippen LogP contribution in [0.15, 0.2) is 6.07 Å². The standard InChI is InChI=1S/C17H28N4O3/c1-13-9-14(2)21(19-13)11-17(22)18-10-16(15-3-6-24-12-15)20-4-7-23-8-5-20/h9,15-16H,3-8,10-12H2,1-2H3,(H,18,22)/t15-,16+/m0/s1. The summed E-state index contributed by atoms with van der Waals surface area (Å²) in [6, 6.07) is 2.31. The lowest BCUT2D eigenvalue weighted by Gasteiger charge is -2.37. The van der Waals surface area contributed by atoms with E-state index in [9.17, 15) is 4.79 Å². The first kappa shape index (κ1) is 17.4. The fourth-order valence-corrected chi connectivity index (χ4v) is 3.60. The molecule has 0 aliphatic carbocycles. The summed E-state index contributed by atoms with van der Waals surface area (Å²) in [5.74, 6) is 0.496. The molecule has 3 heterocycles. The second kappa shape index (κ2) is 8.09. The van der Waals surface area contributed by atoms with Gasteiger partial charge >= 0.3 is 0 Å². The van der Waals surface area contributed by atoms with Crippen molar-refractivity contribution in [1.29, 1.82) is 0 Å². The van der Waals surface area contributed by atoms with E-state index in [4.69, 9.17) is 9.47 Å². The van der Waals surface area contributed by atoms with Crippen molar-refractivity contribution < 1.29 is 14.3 Å². The van der Waals surface area contributed by atoms with E-state index >= 15 is 0 Å². The number of hydrogen-bond donors (Lipinski definition) is 1. The normalized spacial score (nSPS) is 23.3. The lowest BCUT2D eigenvalue weighted by atomic mass is 9.97. The van der Waals surface area contributed by atoms with Crippen molar-refractivity contribution in [1.82, 2.24) is 20.0 Å². The molecule has 2 aliphatic rings. The Bertz CT molecular complexity index is 548. The first-order valence-corrected chi connectivity index (χ1v) is 8.81. The molecule has 2 saturated heterocycles. The summed E-state index contributed by atoms with van der Waals surface area (Å²) in [7, 11) is 0. The molecule has 7 heteroatoms. The average molecular weight is 336 g/mol. The van der Waals surface area contributed by atoms with Crippen molar-refractivity contribution in [3.63, 3.8) is 0 Å². The number of rotatable bonds is 6.